The first-order valence-electron chi connectivity index (χ1n) is 11.3. The Bertz CT molecular complexity index is 1820. The molecule has 5 rings (SSSR count). The zero-order valence-corrected chi connectivity index (χ0v) is 20.5. The Labute approximate surface area is 215 Å². The van der Waals surface area contributed by atoms with Gasteiger partial charge in [0.25, 0.3) is 5.56 Å². The number of alkyl halides is 3. The number of nitrogens with one attached hydrogen (secondary N) is 1. The third-order valence-corrected chi connectivity index (χ3v) is 6.07. The van der Waals surface area contributed by atoms with Crippen LogP contribution in [0.3, 0.4) is 0 Å². The molecule has 196 valence electrons. The Kier molecular flexibility index (Phi) is 6.18. The highest BCUT2D eigenvalue weighted by Crippen LogP contribution is 2.34. The van der Waals surface area contributed by atoms with Crippen molar-refractivity contribution < 1.29 is 27.1 Å². The van der Waals surface area contributed by atoms with E-state index in [-0.39, 0.29) is 57.1 Å². The molecule has 0 saturated carbocycles. The van der Waals surface area contributed by atoms with Crippen LogP contribution >= 0.6 is 11.6 Å². The van der Waals surface area contributed by atoms with Gasteiger partial charge in [-0.2, -0.15) is 23.3 Å². The van der Waals surface area contributed by atoms with Gasteiger partial charge in [-0.25, -0.2) is 18.7 Å². The standard InChI is InChI=1S/C24H17ClF4N6O3/c1-3-34-19-12(8-13(21(34)36)22(37)38-4-2)14-10-30-23(31-11-5-6-16(26)15(25)7-11)32-20(14)35-17(19)9-18(33-35)24(27,28)29/h5-10H,3-4H2,1-2H3,(H,30,31,32). The van der Waals surface area contributed by atoms with Crippen molar-refractivity contribution in [2.45, 2.75) is 26.6 Å². The van der Waals surface area contributed by atoms with Gasteiger partial charge in [-0.1, -0.05) is 11.6 Å². The minimum Gasteiger partial charge on any atom is -0.462 e. The highest BCUT2D eigenvalue weighted by molar-refractivity contribution is 6.31. The Hall–Kier alpha value is -4.26. The quantitative estimate of drug-likeness (QED) is 0.179. The van der Waals surface area contributed by atoms with Crippen LogP contribution in [0.2, 0.25) is 5.02 Å². The normalized spacial score (nSPS) is 12.0. The Morgan fingerprint density at radius 3 is 2.58 bits per heavy atom. The Balaban J connectivity index is 1.86. The number of rotatable bonds is 5. The summed E-state index contributed by atoms with van der Waals surface area (Å²) in [5.74, 6) is -1.55. The molecule has 0 aliphatic heterocycles. The summed E-state index contributed by atoms with van der Waals surface area (Å²) < 4.78 is 61.8. The highest BCUT2D eigenvalue weighted by atomic mass is 35.5. The van der Waals surface area contributed by atoms with Gasteiger partial charge in [0.15, 0.2) is 11.3 Å². The van der Waals surface area contributed by atoms with Crippen LogP contribution in [0.1, 0.15) is 29.9 Å². The van der Waals surface area contributed by atoms with Gasteiger partial charge in [0, 0.05) is 29.2 Å². The number of benzene rings is 1. The molecule has 0 bridgehead atoms. The molecule has 5 aromatic rings. The summed E-state index contributed by atoms with van der Waals surface area (Å²) in [4.78, 5) is 34.3. The van der Waals surface area contributed by atoms with Crippen LogP contribution in [-0.4, -0.2) is 36.7 Å². The van der Waals surface area contributed by atoms with E-state index in [1.54, 1.807) is 13.8 Å². The number of halogens is 5. The molecule has 14 heteroatoms. The minimum atomic E-state index is -4.79. The number of hydrogen-bond donors (Lipinski definition) is 1. The fourth-order valence-electron chi connectivity index (χ4n) is 4.14. The van der Waals surface area contributed by atoms with Crippen molar-refractivity contribution in [3.8, 4) is 0 Å². The van der Waals surface area contributed by atoms with Crippen LogP contribution in [0.4, 0.5) is 29.2 Å². The predicted molar refractivity (Wildman–Crippen MR) is 131 cm³/mol. The number of fused-ring (bicyclic) bond motifs is 6. The molecule has 0 atom stereocenters. The molecule has 0 unspecified atom stereocenters. The van der Waals surface area contributed by atoms with Gasteiger partial charge in [-0.05, 0) is 44.2 Å². The molecule has 0 aliphatic carbocycles. The summed E-state index contributed by atoms with van der Waals surface area (Å²) in [6, 6.07) is 5.88. The van der Waals surface area contributed by atoms with Crippen LogP contribution in [0.5, 0.6) is 0 Å². The molecular formula is C24H17ClF4N6O3. The number of carbonyl (C=O) groups is 1. The van der Waals surface area contributed by atoms with E-state index in [9.17, 15) is 27.2 Å². The third-order valence-electron chi connectivity index (χ3n) is 5.78. The number of esters is 1. The molecule has 0 amide bonds. The summed E-state index contributed by atoms with van der Waals surface area (Å²) in [6.45, 7) is 3.26. The first kappa shape index (κ1) is 25.4. The molecule has 1 aromatic carbocycles. The van der Waals surface area contributed by atoms with Gasteiger partial charge in [0.2, 0.25) is 5.95 Å². The van der Waals surface area contributed by atoms with Crippen molar-refractivity contribution >= 4 is 56.7 Å². The van der Waals surface area contributed by atoms with Crippen molar-refractivity contribution in [2.75, 3.05) is 11.9 Å². The Morgan fingerprint density at radius 2 is 1.92 bits per heavy atom. The molecule has 1 N–H and O–H groups in total. The summed E-state index contributed by atoms with van der Waals surface area (Å²) in [6.07, 6.45) is -3.46. The first-order chi connectivity index (χ1) is 18.0. The van der Waals surface area contributed by atoms with Crippen molar-refractivity contribution in [2.24, 2.45) is 0 Å². The minimum absolute atomic E-state index is 0.0192. The topological polar surface area (TPSA) is 103 Å². The molecule has 0 spiro atoms. The molecule has 0 aliphatic rings. The predicted octanol–water partition coefficient (Wildman–Crippen LogP) is 5.34. The maximum absolute atomic E-state index is 13.7. The molecule has 4 aromatic heterocycles. The number of anilines is 2. The Morgan fingerprint density at radius 1 is 1.16 bits per heavy atom. The summed E-state index contributed by atoms with van der Waals surface area (Å²) in [5, 5.41) is 6.87. The second kappa shape index (κ2) is 9.24. The van der Waals surface area contributed by atoms with E-state index in [2.05, 4.69) is 20.4 Å². The first-order valence-corrected chi connectivity index (χ1v) is 11.6. The molecule has 4 heterocycles. The monoisotopic (exact) mass is 548 g/mol. The number of aromatic nitrogens is 5. The fraction of sp³-hybridized carbons (Fsp3) is 0.208. The van der Waals surface area contributed by atoms with E-state index < -0.39 is 29.2 Å². The van der Waals surface area contributed by atoms with Crippen LogP contribution in [0.25, 0.3) is 27.5 Å². The van der Waals surface area contributed by atoms with Crippen LogP contribution in [-0.2, 0) is 17.5 Å². The summed E-state index contributed by atoms with van der Waals surface area (Å²) >= 11 is 5.83. The number of aryl methyl sites for hydroxylation is 1. The van der Waals surface area contributed by atoms with Crippen LogP contribution in [0.15, 0.2) is 41.3 Å². The number of hydrogen-bond acceptors (Lipinski definition) is 7. The molecule has 9 nitrogen and oxygen atoms in total. The van der Waals surface area contributed by atoms with Gasteiger partial charge in [0.1, 0.15) is 11.4 Å². The molecule has 0 fully saturated rings. The van der Waals surface area contributed by atoms with E-state index in [4.69, 9.17) is 16.3 Å². The maximum Gasteiger partial charge on any atom is 0.435 e. The lowest BCUT2D eigenvalue weighted by Crippen LogP contribution is -2.27. The zero-order valence-electron chi connectivity index (χ0n) is 19.7. The highest BCUT2D eigenvalue weighted by Gasteiger charge is 2.35. The molecule has 38 heavy (non-hydrogen) atoms. The van der Waals surface area contributed by atoms with Crippen molar-refractivity contribution in [3.05, 3.63) is 69.0 Å². The lowest BCUT2D eigenvalue weighted by atomic mass is 10.1. The lowest BCUT2D eigenvalue weighted by molar-refractivity contribution is -0.141. The van der Waals surface area contributed by atoms with Crippen LogP contribution < -0.4 is 10.9 Å². The van der Waals surface area contributed by atoms with E-state index in [0.717, 1.165) is 16.6 Å². The number of carbonyl (C=O) groups excluding carboxylic acids is 1. The average Bonchev–Trinajstić information content (AvgIpc) is 3.33. The van der Waals surface area contributed by atoms with E-state index in [1.165, 1.54) is 29.0 Å². The van der Waals surface area contributed by atoms with Crippen molar-refractivity contribution in [1.82, 2.24) is 24.1 Å². The van der Waals surface area contributed by atoms with E-state index in [0.29, 0.717) is 5.69 Å². The number of ether oxygens (including phenoxy) is 1. The summed E-state index contributed by atoms with van der Waals surface area (Å²) in [5.41, 5.74) is -1.85. The van der Waals surface area contributed by atoms with E-state index in [1.807, 2.05) is 0 Å². The second-order valence-electron chi connectivity index (χ2n) is 8.10. The van der Waals surface area contributed by atoms with E-state index >= 15 is 0 Å². The largest absolute Gasteiger partial charge is 0.462 e. The van der Waals surface area contributed by atoms with Crippen molar-refractivity contribution in [3.63, 3.8) is 0 Å². The molecule has 0 radical (unpaired) electrons. The van der Waals surface area contributed by atoms with Gasteiger partial charge < -0.3 is 14.6 Å². The average molecular weight is 549 g/mol. The van der Waals surface area contributed by atoms with Gasteiger partial charge in [0.05, 0.1) is 22.7 Å². The fourth-order valence-corrected chi connectivity index (χ4v) is 4.32. The van der Waals surface area contributed by atoms with Gasteiger partial charge in [-0.15, -0.1) is 0 Å². The molecular weight excluding hydrogens is 532 g/mol. The van der Waals surface area contributed by atoms with Gasteiger partial charge in [-0.3, -0.25) is 4.79 Å². The maximum atomic E-state index is 13.7. The number of pyridine rings is 2. The second-order valence-corrected chi connectivity index (χ2v) is 8.51. The summed E-state index contributed by atoms with van der Waals surface area (Å²) in [7, 11) is 0. The van der Waals surface area contributed by atoms with Crippen LogP contribution in [0, 0.1) is 5.82 Å². The molecule has 0 saturated heterocycles. The van der Waals surface area contributed by atoms with Crippen molar-refractivity contribution in [1.29, 1.82) is 0 Å². The third kappa shape index (κ3) is 4.18. The smallest absolute Gasteiger partial charge is 0.435 e. The lowest BCUT2D eigenvalue weighted by Gasteiger charge is -2.15. The zero-order chi connectivity index (χ0) is 27.4. The van der Waals surface area contributed by atoms with Gasteiger partial charge >= 0.3 is 12.1 Å². The number of nitrogens with zero attached hydrogens (tertiary/aromatic N) is 5. The SMILES string of the molecule is CCOC(=O)c1cc2c3cnc(Nc4ccc(F)c(Cl)c4)nc3n3nc(C(F)(F)F)cc3c2n(CC)c1=O.